The van der Waals surface area contributed by atoms with Crippen molar-refractivity contribution in [2.24, 2.45) is 11.7 Å². The van der Waals surface area contributed by atoms with Crippen LogP contribution in [0.25, 0.3) is 0 Å². The zero-order valence-electron chi connectivity index (χ0n) is 19.6. The van der Waals surface area contributed by atoms with Crippen molar-refractivity contribution >= 4 is 17.7 Å². The predicted molar refractivity (Wildman–Crippen MR) is 130 cm³/mol. The highest BCUT2D eigenvalue weighted by Crippen LogP contribution is 2.16. The highest BCUT2D eigenvalue weighted by atomic mass is 16.5. The van der Waals surface area contributed by atoms with Crippen LogP contribution in [0.3, 0.4) is 0 Å². The van der Waals surface area contributed by atoms with Crippen LogP contribution in [-0.2, 0) is 27.4 Å². The lowest BCUT2D eigenvalue weighted by molar-refractivity contribution is -0.129. The first-order chi connectivity index (χ1) is 16.4. The molecular weight excluding hydrogens is 432 g/mol. The molecule has 2 aromatic rings. The van der Waals surface area contributed by atoms with Crippen LogP contribution < -0.4 is 26.4 Å². The molecule has 3 unspecified atom stereocenters. The van der Waals surface area contributed by atoms with Gasteiger partial charge in [-0.25, -0.2) is 0 Å². The zero-order valence-corrected chi connectivity index (χ0v) is 19.6. The summed E-state index contributed by atoms with van der Waals surface area (Å²) in [6.45, 7) is 3.74. The second-order valence-electron chi connectivity index (χ2n) is 8.78. The molecule has 1 fully saturated rings. The summed E-state index contributed by atoms with van der Waals surface area (Å²) in [6.07, 6.45) is 1.68. The molecule has 1 saturated heterocycles. The van der Waals surface area contributed by atoms with E-state index in [9.17, 15) is 14.4 Å². The Morgan fingerprint density at radius 1 is 1.09 bits per heavy atom. The van der Waals surface area contributed by atoms with E-state index in [-0.39, 0.29) is 24.3 Å². The van der Waals surface area contributed by atoms with Gasteiger partial charge in [-0.2, -0.15) is 0 Å². The van der Waals surface area contributed by atoms with Gasteiger partial charge in [0.2, 0.25) is 17.7 Å². The van der Waals surface area contributed by atoms with Gasteiger partial charge in [-0.1, -0.05) is 49.4 Å². The number of nitrogens with two attached hydrogens (primary N) is 1. The van der Waals surface area contributed by atoms with Crippen LogP contribution in [0.2, 0.25) is 0 Å². The van der Waals surface area contributed by atoms with Gasteiger partial charge in [-0.05, 0) is 42.6 Å². The third-order valence-corrected chi connectivity index (χ3v) is 5.96. The first kappa shape index (κ1) is 25.2. The Hall–Kier alpha value is -3.39. The van der Waals surface area contributed by atoms with Gasteiger partial charge in [0.1, 0.15) is 18.4 Å². The van der Waals surface area contributed by atoms with E-state index in [1.54, 1.807) is 6.92 Å². The van der Waals surface area contributed by atoms with E-state index in [0.717, 1.165) is 36.4 Å². The monoisotopic (exact) mass is 466 g/mol. The maximum atomic E-state index is 13.0. The minimum absolute atomic E-state index is 0.0514. The number of hydrogen-bond donors (Lipinski definition) is 4. The predicted octanol–water partition coefficient (Wildman–Crippen LogP) is 1.67. The maximum Gasteiger partial charge on any atom is 0.243 e. The minimum Gasteiger partial charge on any atom is -0.489 e. The van der Waals surface area contributed by atoms with E-state index in [1.807, 2.05) is 54.6 Å². The summed E-state index contributed by atoms with van der Waals surface area (Å²) in [4.78, 5) is 36.7. The number of primary amides is 1. The van der Waals surface area contributed by atoms with Crippen molar-refractivity contribution in [3.05, 3.63) is 65.7 Å². The van der Waals surface area contributed by atoms with Crippen LogP contribution in [-0.4, -0.2) is 42.9 Å². The molecule has 34 heavy (non-hydrogen) atoms. The molecule has 3 rings (SSSR count). The van der Waals surface area contributed by atoms with Gasteiger partial charge in [0.25, 0.3) is 0 Å². The number of ether oxygens (including phenoxy) is 1. The van der Waals surface area contributed by atoms with Gasteiger partial charge in [0, 0.05) is 31.3 Å². The average molecular weight is 467 g/mol. The summed E-state index contributed by atoms with van der Waals surface area (Å²) in [7, 11) is 0. The Morgan fingerprint density at radius 3 is 2.47 bits per heavy atom. The van der Waals surface area contributed by atoms with Crippen LogP contribution in [0.1, 0.15) is 37.3 Å². The SMILES string of the molecule is CC(CCC(=O)NC(Cc1ccc(OCc2ccccc2)cc1)C(=O)NC1CCNC1)C(N)=O. The standard InChI is InChI=1S/C26H34N4O4/c1-18(25(27)32)7-12-24(31)30-23(26(33)29-21-13-14-28-16-21)15-19-8-10-22(11-9-19)34-17-20-5-3-2-4-6-20/h2-6,8-11,18,21,23,28H,7,12-17H2,1H3,(H2,27,32)(H,29,33)(H,30,31). The lowest BCUT2D eigenvalue weighted by Gasteiger charge is -2.21. The quantitative estimate of drug-likeness (QED) is 0.379. The summed E-state index contributed by atoms with van der Waals surface area (Å²) < 4.78 is 5.83. The van der Waals surface area contributed by atoms with Crippen molar-refractivity contribution in [2.45, 2.75) is 51.3 Å². The lowest BCUT2D eigenvalue weighted by atomic mass is 10.0. The van der Waals surface area contributed by atoms with Crippen molar-refractivity contribution in [2.75, 3.05) is 13.1 Å². The molecule has 1 heterocycles. The molecule has 8 nitrogen and oxygen atoms in total. The fourth-order valence-corrected chi connectivity index (χ4v) is 3.74. The van der Waals surface area contributed by atoms with Crippen LogP contribution in [0, 0.1) is 5.92 Å². The second kappa shape index (κ2) is 12.7. The maximum absolute atomic E-state index is 13.0. The molecule has 5 N–H and O–H groups in total. The van der Waals surface area contributed by atoms with Crippen molar-refractivity contribution < 1.29 is 19.1 Å². The molecule has 1 aliphatic rings. The van der Waals surface area contributed by atoms with Gasteiger partial charge in [0.05, 0.1) is 0 Å². The number of nitrogens with one attached hydrogen (secondary N) is 3. The molecule has 0 saturated carbocycles. The van der Waals surface area contributed by atoms with E-state index in [4.69, 9.17) is 10.5 Å². The number of carbonyl (C=O) groups excluding carboxylic acids is 3. The fourth-order valence-electron chi connectivity index (χ4n) is 3.74. The molecule has 0 bridgehead atoms. The van der Waals surface area contributed by atoms with E-state index in [2.05, 4.69) is 16.0 Å². The van der Waals surface area contributed by atoms with Crippen molar-refractivity contribution in [3.8, 4) is 5.75 Å². The number of rotatable bonds is 12. The molecule has 0 aromatic heterocycles. The highest BCUT2D eigenvalue weighted by Gasteiger charge is 2.25. The third-order valence-electron chi connectivity index (χ3n) is 5.96. The smallest absolute Gasteiger partial charge is 0.243 e. The van der Waals surface area contributed by atoms with E-state index in [0.29, 0.717) is 19.4 Å². The summed E-state index contributed by atoms with van der Waals surface area (Å²) >= 11 is 0. The zero-order chi connectivity index (χ0) is 24.3. The van der Waals surface area contributed by atoms with Crippen molar-refractivity contribution in [1.82, 2.24) is 16.0 Å². The normalized spacial score (nSPS) is 16.9. The topological polar surface area (TPSA) is 123 Å². The van der Waals surface area contributed by atoms with Crippen molar-refractivity contribution in [1.29, 1.82) is 0 Å². The molecule has 3 atom stereocenters. The first-order valence-electron chi connectivity index (χ1n) is 11.8. The summed E-state index contributed by atoms with van der Waals surface area (Å²) in [5.41, 5.74) is 7.27. The Kier molecular flexibility index (Phi) is 9.46. The number of hydrogen-bond acceptors (Lipinski definition) is 5. The molecule has 8 heteroatoms. The Morgan fingerprint density at radius 2 is 1.82 bits per heavy atom. The fraction of sp³-hybridized carbons (Fsp3) is 0.423. The highest BCUT2D eigenvalue weighted by molar-refractivity contribution is 5.88. The van der Waals surface area contributed by atoms with Gasteiger partial charge < -0.3 is 26.4 Å². The Bertz CT molecular complexity index is 943. The van der Waals surface area contributed by atoms with Crippen LogP contribution in [0.5, 0.6) is 5.75 Å². The van der Waals surface area contributed by atoms with E-state index in [1.165, 1.54) is 0 Å². The van der Waals surface area contributed by atoms with Crippen molar-refractivity contribution in [3.63, 3.8) is 0 Å². The van der Waals surface area contributed by atoms with Gasteiger partial charge in [-0.15, -0.1) is 0 Å². The second-order valence-corrected chi connectivity index (χ2v) is 8.78. The van der Waals surface area contributed by atoms with Crippen LogP contribution in [0.4, 0.5) is 0 Å². The number of carbonyl (C=O) groups is 3. The summed E-state index contributed by atoms with van der Waals surface area (Å²) in [6, 6.07) is 16.8. The molecule has 0 radical (unpaired) electrons. The van der Waals surface area contributed by atoms with E-state index >= 15 is 0 Å². The summed E-state index contributed by atoms with van der Waals surface area (Å²) in [5, 5.41) is 9.08. The number of amides is 3. The van der Waals surface area contributed by atoms with Gasteiger partial charge in [-0.3, -0.25) is 14.4 Å². The molecule has 3 amide bonds. The largest absolute Gasteiger partial charge is 0.489 e. The van der Waals surface area contributed by atoms with Crippen LogP contribution >= 0.6 is 0 Å². The van der Waals surface area contributed by atoms with Crippen LogP contribution in [0.15, 0.2) is 54.6 Å². The molecule has 0 spiro atoms. The first-order valence-corrected chi connectivity index (χ1v) is 11.8. The molecular formula is C26H34N4O4. The Balaban J connectivity index is 1.59. The molecule has 0 aliphatic carbocycles. The van der Waals surface area contributed by atoms with Gasteiger partial charge in [0.15, 0.2) is 0 Å². The average Bonchev–Trinajstić information content (AvgIpc) is 3.35. The van der Waals surface area contributed by atoms with E-state index < -0.39 is 17.9 Å². The molecule has 1 aliphatic heterocycles. The lowest BCUT2D eigenvalue weighted by Crippen LogP contribution is -2.51. The van der Waals surface area contributed by atoms with Gasteiger partial charge >= 0.3 is 0 Å². The molecule has 2 aromatic carbocycles. The number of benzene rings is 2. The minimum atomic E-state index is -0.715. The molecule has 182 valence electrons. The third kappa shape index (κ3) is 8.19. The summed E-state index contributed by atoms with van der Waals surface area (Å²) in [5.74, 6) is -0.596. The Labute approximate surface area is 200 Å².